The van der Waals surface area contributed by atoms with Crippen molar-refractivity contribution in [3.63, 3.8) is 0 Å². The van der Waals surface area contributed by atoms with E-state index in [1.807, 2.05) is 0 Å². The topological polar surface area (TPSA) is 69.7 Å². The van der Waals surface area contributed by atoms with Crippen LogP contribution >= 0.6 is 23.2 Å². The van der Waals surface area contributed by atoms with Gasteiger partial charge in [-0.3, -0.25) is 9.59 Å². The number of carbonyl (C=O) groups excluding carboxylic acids is 3. The Morgan fingerprint density at radius 1 is 0.958 bits per heavy atom. The Kier molecular flexibility index (Phi) is 7.70. The first-order chi connectivity index (χ1) is 11.1. The number of Topliss-reactive ketones (excluding diaryl/α,β-unsaturated/α-hetero) is 1. The molecule has 1 aromatic rings. The van der Waals surface area contributed by atoms with Gasteiger partial charge in [0.1, 0.15) is 0 Å². The molecular formula is C17H20Cl2O5. The summed E-state index contributed by atoms with van der Waals surface area (Å²) in [5, 5.41) is 0.530. The van der Waals surface area contributed by atoms with Crippen molar-refractivity contribution in [3.05, 3.63) is 33.8 Å². The van der Waals surface area contributed by atoms with Gasteiger partial charge in [0.05, 0.1) is 34.6 Å². The molecule has 0 aliphatic heterocycles. The van der Waals surface area contributed by atoms with Gasteiger partial charge < -0.3 is 9.47 Å². The Labute approximate surface area is 151 Å². The van der Waals surface area contributed by atoms with E-state index in [0.717, 1.165) is 0 Å². The van der Waals surface area contributed by atoms with Crippen LogP contribution in [0.15, 0.2) is 18.2 Å². The van der Waals surface area contributed by atoms with Crippen molar-refractivity contribution in [3.8, 4) is 0 Å². The second-order valence-corrected chi connectivity index (χ2v) is 6.60. The van der Waals surface area contributed by atoms with Crippen molar-refractivity contribution in [2.45, 2.75) is 52.2 Å². The average molecular weight is 375 g/mol. The van der Waals surface area contributed by atoms with Crippen LogP contribution in [-0.2, 0) is 23.9 Å². The smallest absolute Gasteiger partial charge is 0.375 e. The molecule has 1 aromatic carbocycles. The second kappa shape index (κ2) is 9.04. The van der Waals surface area contributed by atoms with Crippen molar-refractivity contribution >= 4 is 40.9 Å². The summed E-state index contributed by atoms with van der Waals surface area (Å²) in [5.41, 5.74) is 0.399. The monoisotopic (exact) mass is 374 g/mol. The lowest BCUT2D eigenvalue weighted by Crippen LogP contribution is -2.29. The highest BCUT2D eigenvalue weighted by Gasteiger charge is 2.32. The van der Waals surface area contributed by atoms with E-state index in [1.54, 1.807) is 33.8 Å². The van der Waals surface area contributed by atoms with Crippen LogP contribution in [0.5, 0.6) is 0 Å². The van der Waals surface area contributed by atoms with Crippen LogP contribution in [0.2, 0.25) is 10.0 Å². The van der Waals surface area contributed by atoms with Crippen LogP contribution in [0, 0.1) is 0 Å². The Morgan fingerprint density at radius 3 is 2.04 bits per heavy atom. The lowest BCUT2D eigenvalue weighted by atomic mass is 9.91. The fourth-order valence-electron chi connectivity index (χ4n) is 1.98. The zero-order valence-electron chi connectivity index (χ0n) is 14.0. The van der Waals surface area contributed by atoms with Crippen molar-refractivity contribution in [2.75, 3.05) is 0 Å². The number of carbonyl (C=O) groups is 3. The van der Waals surface area contributed by atoms with Gasteiger partial charge in [-0.25, -0.2) is 4.79 Å². The van der Waals surface area contributed by atoms with E-state index >= 15 is 0 Å². The quantitative estimate of drug-likeness (QED) is 0.533. The molecule has 132 valence electrons. The predicted octanol–water partition coefficient (Wildman–Crippen LogP) is 3.94. The summed E-state index contributed by atoms with van der Waals surface area (Å²) >= 11 is 11.8. The van der Waals surface area contributed by atoms with E-state index in [0.29, 0.717) is 10.6 Å². The van der Waals surface area contributed by atoms with Gasteiger partial charge in [-0.1, -0.05) is 29.3 Å². The van der Waals surface area contributed by atoms with Crippen molar-refractivity contribution in [2.24, 2.45) is 0 Å². The fourth-order valence-corrected chi connectivity index (χ4v) is 2.29. The Balaban J connectivity index is 3.10. The summed E-state index contributed by atoms with van der Waals surface area (Å²) in [6.45, 7) is 6.65. The minimum Gasteiger partial charge on any atom is -0.463 e. The van der Waals surface area contributed by atoms with Crippen molar-refractivity contribution < 1.29 is 23.9 Å². The molecule has 0 aromatic heterocycles. The van der Waals surface area contributed by atoms with Gasteiger partial charge >= 0.3 is 11.9 Å². The molecule has 0 heterocycles. The lowest BCUT2D eigenvalue weighted by Gasteiger charge is -2.17. The van der Waals surface area contributed by atoms with Crippen molar-refractivity contribution in [1.82, 2.24) is 0 Å². The number of rotatable bonds is 7. The minimum absolute atomic E-state index is 0.224. The lowest BCUT2D eigenvalue weighted by molar-refractivity contribution is -0.158. The minimum atomic E-state index is -1.04. The van der Waals surface area contributed by atoms with E-state index in [2.05, 4.69) is 0 Å². The molecule has 0 radical (unpaired) electrons. The van der Waals surface area contributed by atoms with Gasteiger partial charge in [0, 0.05) is 0 Å². The zero-order valence-corrected chi connectivity index (χ0v) is 15.5. The molecule has 0 fully saturated rings. The number of esters is 2. The van der Waals surface area contributed by atoms with Crippen LogP contribution < -0.4 is 0 Å². The summed E-state index contributed by atoms with van der Waals surface area (Å²) in [5.74, 6) is -3.47. The van der Waals surface area contributed by atoms with Crippen LogP contribution in [-0.4, -0.2) is 29.9 Å². The van der Waals surface area contributed by atoms with Gasteiger partial charge in [-0.2, -0.15) is 0 Å². The first-order valence-electron chi connectivity index (χ1n) is 7.51. The maximum atomic E-state index is 12.4. The standard InChI is InChI=1S/C17H20Cl2O5/c1-9(2)23-15(20)8-12(16(21)17(22)24-10(3)4)11-5-6-13(18)14(19)7-11/h5-7,9-10,12H,8H2,1-4H3. The number of hydrogen-bond acceptors (Lipinski definition) is 5. The molecule has 0 bridgehead atoms. The summed E-state index contributed by atoms with van der Waals surface area (Å²) in [4.78, 5) is 36.3. The maximum Gasteiger partial charge on any atom is 0.375 e. The predicted molar refractivity (Wildman–Crippen MR) is 91.3 cm³/mol. The van der Waals surface area contributed by atoms with Crippen LogP contribution in [0.3, 0.4) is 0 Å². The van der Waals surface area contributed by atoms with Crippen molar-refractivity contribution in [1.29, 1.82) is 0 Å². The molecule has 0 amide bonds. The van der Waals surface area contributed by atoms with Gasteiger partial charge in [-0.05, 0) is 45.4 Å². The molecule has 0 aliphatic rings. The molecule has 5 nitrogen and oxygen atoms in total. The molecule has 24 heavy (non-hydrogen) atoms. The molecule has 1 atom stereocenters. The van der Waals surface area contributed by atoms with Gasteiger partial charge in [-0.15, -0.1) is 0 Å². The normalized spacial score (nSPS) is 12.2. The molecule has 0 saturated heterocycles. The van der Waals surface area contributed by atoms with E-state index in [1.165, 1.54) is 12.1 Å². The summed E-state index contributed by atoms with van der Waals surface area (Å²) in [6.07, 6.45) is -1.06. The number of benzene rings is 1. The van der Waals surface area contributed by atoms with Crippen LogP contribution in [0.25, 0.3) is 0 Å². The number of ketones is 1. The molecule has 1 unspecified atom stereocenters. The summed E-state index contributed by atoms with van der Waals surface area (Å²) < 4.78 is 10.00. The van der Waals surface area contributed by atoms with E-state index in [4.69, 9.17) is 32.7 Å². The molecular weight excluding hydrogens is 355 g/mol. The molecule has 0 aliphatic carbocycles. The number of ether oxygens (including phenoxy) is 2. The third-order valence-electron chi connectivity index (χ3n) is 2.94. The number of halogens is 2. The highest BCUT2D eigenvalue weighted by atomic mass is 35.5. The van der Waals surface area contributed by atoms with Gasteiger partial charge in [0.15, 0.2) is 0 Å². The maximum absolute atomic E-state index is 12.4. The zero-order chi connectivity index (χ0) is 18.4. The molecule has 1 rings (SSSR count). The Hall–Kier alpha value is -1.59. The van der Waals surface area contributed by atoms with Crippen LogP contribution in [0.4, 0.5) is 0 Å². The third kappa shape index (κ3) is 6.13. The molecule has 7 heteroatoms. The highest BCUT2D eigenvalue weighted by molar-refractivity contribution is 6.42. The summed E-state index contributed by atoms with van der Waals surface area (Å²) in [6, 6.07) is 4.50. The highest BCUT2D eigenvalue weighted by Crippen LogP contribution is 2.29. The number of hydrogen-bond donors (Lipinski definition) is 0. The summed E-state index contributed by atoms with van der Waals surface area (Å²) in [7, 11) is 0. The second-order valence-electron chi connectivity index (χ2n) is 5.79. The molecule has 0 N–H and O–H groups in total. The van der Waals surface area contributed by atoms with E-state index in [9.17, 15) is 14.4 Å². The van der Waals surface area contributed by atoms with Gasteiger partial charge in [0.25, 0.3) is 0 Å². The largest absolute Gasteiger partial charge is 0.463 e. The Bertz CT molecular complexity index is 625. The molecule has 0 spiro atoms. The first-order valence-corrected chi connectivity index (χ1v) is 8.26. The fraction of sp³-hybridized carbons (Fsp3) is 0.471. The first kappa shape index (κ1) is 20.5. The van der Waals surface area contributed by atoms with Gasteiger partial charge in [0.2, 0.25) is 5.78 Å². The van der Waals surface area contributed by atoms with Crippen LogP contribution in [0.1, 0.15) is 45.6 Å². The van der Waals surface area contributed by atoms with E-state index in [-0.39, 0.29) is 17.5 Å². The third-order valence-corrected chi connectivity index (χ3v) is 3.68. The molecule has 0 saturated carbocycles. The van der Waals surface area contributed by atoms with E-state index < -0.39 is 29.7 Å². The average Bonchev–Trinajstić information content (AvgIpc) is 2.45. The Morgan fingerprint density at radius 2 is 1.54 bits per heavy atom. The SMILES string of the molecule is CC(C)OC(=O)CC(C(=O)C(=O)OC(C)C)c1ccc(Cl)c(Cl)c1.